The Balaban J connectivity index is 1.52. The highest BCUT2D eigenvalue weighted by molar-refractivity contribution is 8.05. The molecule has 0 amide bonds. The summed E-state index contributed by atoms with van der Waals surface area (Å²) in [6.07, 6.45) is 3.36. The second kappa shape index (κ2) is 14.0. The number of nitrogens with zero attached hydrogens (tertiary/aromatic N) is 2. The van der Waals surface area contributed by atoms with Crippen LogP contribution >= 0.6 is 21.6 Å². The fraction of sp³-hybridized carbons (Fsp3) is 0.160. The predicted molar refractivity (Wildman–Crippen MR) is 160 cm³/mol. The molecule has 0 saturated carbocycles. The molecule has 198 valence electrons. The van der Waals surface area contributed by atoms with Gasteiger partial charge in [-0.05, 0) is 71.3 Å². The van der Waals surface area contributed by atoms with Gasteiger partial charge in [0.25, 0.3) is 0 Å². The predicted octanol–water partition coefficient (Wildman–Crippen LogP) is 6.79. The monoisotopic (exact) mass is 608 g/mol. The average molecular weight is 609 g/mol. The van der Waals surface area contributed by atoms with Crippen molar-refractivity contribution in [3.8, 4) is 17.2 Å². The molecule has 0 radical (unpaired) electrons. The lowest BCUT2D eigenvalue weighted by molar-refractivity contribution is 0.371. The van der Waals surface area contributed by atoms with Gasteiger partial charge in [0.2, 0.25) is 23.6 Å². The third-order valence-electron chi connectivity index (χ3n) is 4.95. The normalized spacial score (nSPS) is 12.7. The number of methoxy groups -OCH3 is 1. The summed E-state index contributed by atoms with van der Waals surface area (Å²) < 4.78 is 29.6. The molecule has 3 aromatic rings. The zero-order chi connectivity index (χ0) is 27.7. The molecule has 38 heavy (non-hydrogen) atoms. The number of benzene rings is 3. The van der Waals surface area contributed by atoms with E-state index in [0.29, 0.717) is 17.1 Å². The Hall–Kier alpha value is -2.54. The molecule has 3 rings (SSSR count). The van der Waals surface area contributed by atoms with Crippen molar-refractivity contribution in [1.29, 1.82) is 0 Å². The standard InChI is InChI=1S/C25H25N2O6P3S2/c1-19(16-20-4-10-23(31-3)11-5-20)34(37)32-24-12-6-21(7-13-24)17-26-27(2)35(38)33-25-14-8-22(9-15-25)18-36(28,29)30/h4-17H,18H2,1-3H3/p+2/b19-16+,26-17+. The van der Waals surface area contributed by atoms with Crippen molar-refractivity contribution in [2.24, 2.45) is 5.10 Å². The first-order valence-corrected chi connectivity index (χ1v) is 17.5. The first-order valence-electron chi connectivity index (χ1n) is 11.2. The van der Waals surface area contributed by atoms with Crippen LogP contribution in [0.4, 0.5) is 0 Å². The lowest BCUT2D eigenvalue weighted by Gasteiger charge is -2.05. The maximum absolute atomic E-state index is 11.1. The SMILES string of the molecule is COc1ccc(/C=C(\C)[P+](=S)Oc2ccc(/C=N/N(C)[P+](=S)Oc3ccc(CP(=O)(O)O)cc3)cc2)cc1. The largest absolute Gasteiger partial charge is 0.540 e. The second-order valence-electron chi connectivity index (χ2n) is 8.01. The van der Waals surface area contributed by atoms with Crippen LogP contribution in [0.3, 0.4) is 0 Å². The van der Waals surface area contributed by atoms with Gasteiger partial charge in [-0.3, -0.25) is 13.6 Å². The summed E-state index contributed by atoms with van der Waals surface area (Å²) in [5.74, 6) is 1.98. The quantitative estimate of drug-likeness (QED) is 0.131. The van der Waals surface area contributed by atoms with Crippen molar-refractivity contribution in [1.82, 2.24) is 4.78 Å². The average Bonchev–Trinajstić information content (AvgIpc) is 2.88. The maximum atomic E-state index is 11.1. The molecular weight excluding hydrogens is 581 g/mol. The first-order chi connectivity index (χ1) is 18.0. The molecule has 13 heteroatoms. The summed E-state index contributed by atoms with van der Waals surface area (Å²) >= 11 is 11.0. The minimum Gasteiger partial charge on any atom is -0.497 e. The van der Waals surface area contributed by atoms with Gasteiger partial charge >= 0.3 is 21.6 Å². The fourth-order valence-electron chi connectivity index (χ4n) is 3.01. The summed E-state index contributed by atoms with van der Waals surface area (Å²) in [5, 5.41) is 5.34. The van der Waals surface area contributed by atoms with E-state index in [9.17, 15) is 4.57 Å². The van der Waals surface area contributed by atoms with Crippen molar-refractivity contribution in [3.63, 3.8) is 0 Å². The molecule has 2 atom stereocenters. The molecule has 0 aliphatic carbocycles. The molecule has 0 heterocycles. The van der Waals surface area contributed by atoms with Gasteiger partial charge in [-0.2, -0.15) is 0 Å². The van der Waals surface area contributed by atoms with Crippen molar-refractivity contribution < 1.29 is 28.1 Å². The highest BCUT2D eigenvalue weighted by Crippen LogP contribution is 2.40. The van der Waals surface area contributed by atoms with Crippen LogP contribution in [0.2, 0.25) is 0 Å². The first kappa shape index (κ1) is 30.0. The number of ether oxygens (including phenoxy) is 1. The van der Waals surface area contributed by atoms with Gasteiger partial charge in [0, 0.05) is 6.92 Å². The van der Waals surface area contributed by atoms with Crippen LogP contribution in [0.25, 0.3) is 6.08 Å². The zero-order valence-corrected chi connectivity index (χ0v) is 25.2. The van der Waals surface area contributed by atoms with Crippen molar-refractivity contribution in [2.45, 2.75) is 13.1 Å². The minimum absolute atomic E-state index is 0.321. The fourth-order valence-corrected chi connectivity index (χ4v) is 5.77. The topological polar surface area (TPSA) is 101 Å². The molecule has 2 N–H and O–H groups in total. The second-order valence-corrected chi connectivity index (χ2v) is 14.2. The third-order valence-corrected chi connectivity index (χ3v) is 9.78. The van der Waals surface area contributed by atoms with E-state index in [1.807, 2.05) is 61.5 Å². The van der Waals surface area contributed by atoms with E-state index in [2.05, 4.69) is 5.10 Å². The summed E-state index contributed by atoms with van der Waals surface area (Å²) in [4.78, 5) is 18.2. The molecule has 0 bridgehead atoms. The van der Waals surface area contributed by atoms with Crippen LogP contribution < -0.4 is 13.8 Å². The molecule has 0 aliphatic heterocycles. The van der Waals surface area contributed by atoms with Crippen LogP contribution in [0.1, 0.15) is 23.6 Å². The van der Waals surface area contributed by atoms with Gasteiger partial charge in [0.05, 0.1) is 26.5 Å². The number of hydrogen-bond donors (Lipinski definition) is 2. The van der Waals surface area contributed by atoms with Crippen molar-refractivity contribution in [2.75, 3.05) is 14.2 Å². The molecular formula is C25H27N2O6P3S2+2. The number of hydrazone groups is 1. The molecule has 2 unspecified atom stereocenters. The van der Waals surface area contributed by atoms with Crippen LogP contribution in [-0.4, -0.2) is 34.9 Å². The van der Waals surface area contributed by atoms with Crippen LogP contribution in [0.15, 0.2) is 83.2 Å². The van der Waals surface area contributed by atoms with Gasteiger partial charge in [-0.15, -0.1) is 5.10 Å². The van der Waals surface area contributed by atoms with E-state index < -0.39 is 21.6 Å². The van der Waals surface area contributed by atoms with Gasteiger partial charge in [0.1, 0.15) is 5.75 Å². The summed E-state index contributed by atoms with van der Waals surface area (Å²) in [7, 11) is -2.25. The zero-order valence-electron chi connectivity index (χ0n) is 20.9. The van der Waals surface area contributed by atoms with Crippen LogP contribution in [0.5, 0.6) is 17.2 Å². The maximum Gasteiger partial charge on any atom is 0.540 e. The van der Waals surface area contributed by atoms with Crippen LogP contribution in [0, 0.1) is 0 Å². The van der Waals surface area contributed by atoms with Gasteiger partial charge in [0.15, 0.2) is 16.8 Å². The molecule has 0 saturated heterocycles. The van der Waals surface area contributed by atoms with E-state index in [1.54, 1.807) is 49.4 Å². The van der Waals surface area contributed by atoms with E-state index in [1.165, 1.54) is 0 Å². The van der Waals surface area contributed by atoms with E-state index in [-0.39, 0.29) is 6.16 Å². The minimum atomic E-state index is -4.12. The van der Waals surface area contributed by atoms with Crippen LogP contribution in [-0.2, 0) is 34.3 Å². The number of rotatable bonds is 12. The Morgan fingerprint density at radius 3 is 2.03 bits per heavy atom. The summed E-state index contributed by atoms with van der Waals surface area (Å²) in [5.41, 5.74) is 2.40. The Morgan fingerprint density at radius 1 is 0.921 bits per heavy atom. The van der Waals surface area contributed by atoms with Gasteiger partial charge in [-0.1, -0.05) is 29.0 Å². The molecule has 0 spiro atoms. The highest BCUT2D eigenvalue weighted by atomic mass is 32.4. The van der Waals surface area contributed by atoms with E-state index >= 15 is 0 Å². The smallest absolute Gasteiger partial charge is 0.497 e. The molecule has 0 aliphatic rings. The molecule has 0 fully saturated rings. The Morgan fingerprint density at radius 2 is 1.45 bits per heavy atom. The van der Waals surface area contributed by atoms with Gasteiger partial charge in [-0.25, -0.2) is 0 Å². The number of allylic oxidation sites excluding steroid dienone is 1. The van der Waals surface area contributed by atoms with E-state index in [0.717, 1.165) is 22.2 Å². The Bertz CT molecular complexity index is 1380. The van der Waals surface area contributed by atoms with Crippen molar-refractivity contribution in [3.05, 3.63) is 94.8 Å². The molecule has 3 aromatic carbocycles. The van der Waals surface area contributed by atoms with Crippen molar-refractivity contribution >= 4 is 57.5 Å². The molecule has 8 nitrogen and oxygen atoms in total. The highest BCUT2D eigenvalue weighted by Gasteiger charge is 2.21. The summed E-state index contributed by atoms with van der Waals surface area (Å²) in [6, 6.07) is 21.6. The Kier molecular flexibility index (Phi) is 11.1. The third kappa shape index (κ3) is 9.97. The number of hydrogen-bond acceptors (Lipinski definition) is 7. The lowest BCUT2D eigenvalue weighted by Crippen LogP contribution is -2.03. The molecule has 0 aromatic heterocycles. The van der Waals surface area contributed by atoms with Gasteiger partial charge < -0.3 is 14.5 Å². The summed E-state index contributed by atoms with van der Waals surface area (Å²) in [6.45, 7) is 0.746. The van der Waals surface area contributed by atoms with E-state index in [4.69, 9.17) is 47.2 Å². The lowest BCUT2D eigenvalue weighted by atomic mass is 10.2. The Labute approximate surface area is 234 Å².